The van der Waals surface area contributed by atoms with Gasteiger partial charge in [0.05, 0.1) is 0 Å². The largest absolute Gasteiger partial charge is 0.454 e. The van der Waals surface area contributed by atoms with Crippen LogP contribution in [0.4, 0.5) is 0 Å². The number of ether oxygens (including phenoxy) is 2. The summed E-state index contributed by atoms with van der Waals surface area (Å²) in [5, 5.41) is 3.96. The minimum Gasteiger partial charge on any atom is -0.454 e. The second kappa shape index (κ2) is 7.04. The van der Waals surface area contributed by atoms with E-state index < -0.39 is 11.8 Å². The normalized spacial score (nSPS) is 11.9. The second-order valence-corrected chi connectivity index (χ2v) is 5.26. The number of aromatic nitrogens is 2. The van der Waals surface area contributed by atoms with Gasteiger partial charge in [-0.25, -0.2) is 4.68 Å². The molecule has 130 valence electrons. The van der Waals surface area contributed by atoms with Crippen LogP contribution >= 0.6 is 0 Å². The maximum Gasteiger partial charge on any atom is 0.290 e. The zero-order chi connectivity index (χ0) is 17.8. The summed E-state index contributed by atoms with van der Waals surface area (Å²) >= 11 is 0. The molecule has 0 radical (unpaired) electrons. The summed E-state index contributed by atoms with van der Waals surface area (Å²) in [6, 6.07) is 7.24. The van der Waals surface area contributed by atoms with Crippen molar-refractivity contribution in [1.82, 2.24) is 20.6 Å². The maximum atomic E-state index is 12.1. The van der Waals surface area contributed by atoms with Crippen molar-refractivity contribution in [2.24, 2.45) is 0 Å². The van der Waals surface area contributed by atoms with Gasteiger partial charge in [0.1, 0.15) is 0 Å². The molecule has 2 N–H and O–H groups in total. The lowest BCUT2D eigenvalue weighted by Gasteiger charge is -2.09. The lowest BCUT2D eigenvalue weighted by Crippen LogP contribution is -2.42. The van der Waals surface area contributed by atoms with Crippen molar-refractivity contribution in [2.75, 3.05) is 6.79 Å². The van der Waals surface area contributed by atoms with E-state index in [1.165, 1.54) is 22.9 Å². The van der Waals surface area contributed by atoms with Gasteiger partial charge in [0.15, 0.2) is 17.2 Å². The number of rotatable bonds is 4. The Morgan fingerprint density at radius 2 is 1.88 bits per heavy atom. The number of amides is 2. The van der Waals surface area contributed by atoms with Gasteiger partial charge >= 0.3 is 0 Å². The van der Waals surface area contributed by atoms with E-state index in [4.69, 9.17) is 9.47 Å². The van der Waals surface area contributed by atoms with Crippen molar-refractivity contribution in [3.63, 3.8) is 0 Å². The van der Waals surface area contributed by atoms with Gasteiger partial charge in [-0.15, -0.1) is 0 Å². The zero-order valence-corrected chi connectivity index (χ0v) is 13.4. The molecule has 1 aliphatic heterocycles. The lowest BCUT2D eigenvalue weighted by atomic mass is 10.2. The molecule has 2 aromatic rings. The number of hydrazine groups is 1. The minimum absolute atomic E-state index is 0.0269. The molecule has 1 aromatic carbocycles. The predicted octanol–water partition coefficient (Wildman–Crippen LogP) is 0.457. The van der Waals surface area contributed by atoms with Gasteiger partial charge in [-0.3, -0.25) is 25.2 Å². The van der Waals surface area contributed by atoms with Crippen LogP contribution in [0.2, 0.25) is 0 Å². The Kier molecular flexibility index (Phi) is 4.64. The maximum absolute atomic E-state index is 12.1. The fraction of sp³-hybridized carbons (Fsp3) is 0.250. The molecule has 0 spiro atoms. The van der Waals surface area contributed by atoms with Crippen LogP contribution < -0.4 is 25.9 Å². The third kappa shape index (κ3) is 3.60. The third-order valence-corrected chi connectivity index (χ3v) is 3.46. The second-order valence-electron chi connectivity index (χ2n) is 5.26. The lowest BCUT2D eigenvalue weighted by molar-refractivity contribution is 0.0842. The average Bonchev–Trinajstić information content (AvgIpc) is 3.09. The van der Waals surface area contributed by atoms with Crippen LogP contribution in [-0.2, 0) is 6.54 Å². The fourth-order valence-corrected chi connectivity index (χ4v) is 2.23. The Morgan fingerprint density at radius 1 is 1.12 bits per heavy atom. The molecular weight excluding hydrogens is 328 g/mol. The van der Waals surface area contributed by atoms with Gasteiger partial charge in [0.2, 0.25) is 6.79 Å². The van der Waals surface area contributed by atoms with Crippen LogP contribution in [0.25, 0.3) is 0 Å². The molecule has 3 rings (SSSR count). The van der Waals surface area contributed by atoms with Gasteiger partial charge in [-0.2, -0.15) is 5.10 Å². The molecule has 9 heteroatoms. The van der Waals surface area contributed by atoms with E-state index in [9.17, 15) is 14.4 Å². The molecule has 0 atom stereocenters. The quantitative estimate of drug-likeness (QED) is 0.779. The topological polar surface area (TPSA) is 112 Å². The summed E-state index contributed by atoms with van der Waals surface area (Å²) < 4.78 is 11.6. The van der Waals surface area contributed by atoms with Crippen molar-refractivity contribution in [3.8, 4) is 11.5 Å². The minimum atomic E-state index is -0.626. The van der Waals surface area contributed by atoms with Crippen LogP contribution in [-0.4, -0.2) is 28.4 Å². The number of nitrogens with one attached hydrogen (secondary N) is 2. The van der Waals surface area contributed by atoms with Crippen LogP contribution in [0.1, 0.15) is 34.2 Å². The molecule has 1 aliphatic rings. The highest BCUT2D eigenvalue weighted by molar-refractivity contribution is 5.98. The van der Waals surface area contributed by atoms with Crippen LogP contribution in [0.3, 0.4) is 0 Å². The summed E-state index contributed by atoms with van der Waals surface area (Å²) in [6.45, 7) is 2.41. The van der Waals surface area contributed by atoms with E-state index in [1.54, 1.807) is 12.1 Å². The molecule has 0 unspecified atom stereocenters. The highest BCUT2D eigenvalue weighted by Crippen LogP contribution is 2.32. The van der Waals surface area contributed by atoms with Crippen molar-refractivity contribution >= 4 is 11.8 Å². The SMILES string of the molecule is CCCn1nc(C(=O)NNC(=O)c2ccc3c(c2)OCO3)ccc1=O. The van der Waals surface area contributed by atoms with E-state index >= 15 is 0 Å². The first-order valence-electron chi connectivity index (χ1n) is 7.67. The van der Waals surface area contributed by atoms with Crippen molar-refractivity contribution in [3.05, 3.63) is 51.9 Å². The van der Waals surface area contributed by atoms with E-state index in [0.29, 0.717) is 30.0 Å². The molecule has 1 aromatic heterocycles. The molecule has 0 fully saturated rings. The van der Waals surface area contributed by atoms with E-state index in [1.807, 2.05) is 6.92 Å². The first-order valence-corrected chi connectivity index (χ1v) is 7.67. The first-order chi connectivity index (χ1) is 12.1. The third-order valence-electron chi connectivity index (χ3n) is 3.46. The van der Waals surface area contributed by atoms with Crippen molar-refractivity contribution < 1.29 is 19.1 Å². The van der Waals surface area contributed by atoms with Crippen LogP contribution in [0.5, 0.6) is 11.5 Å². The number of fused-ring (bicyclic) bond motifs is 1. The monoisotopic (exact) mass is 344 g/mol. The molecule has 2 heterocycles. The molecule has 0 saturated carbocycles. The Balaban J connectivity index is 1.65. The molecule has 9 nitrogen and oxygen atoms in total. The van der Waals surface area contributed by atoms with Gasteiger partial charge in [-0.1, -0.05) is 6.92 Å². The number of carbonyl (C=O) groups is 2. The summed E-state index contributed by atoms with van der Waals surface area (Å²) in [5.74, 6) is -0.122. The van der Waals surface area contributed by atoms with Crippen LogP contribution in [0.15, 0.2) is 35.1 Å². The van der Waals surface area contributed by atoms with Gasteiger partial charge < -0.3 is 9.47 Å². The standard InChI is InChI=1S/C16H16N4O5/c1-2-7-20-14(21)6-4-11(19-20)16(23)18-17-15(22)10-3-5-12-13(8-10)25-9-24-12/h3-6,8H,2,7,9H2,1H3,(H,17,22)(H,18,23). The van der Waals surface area contributed by atoms with Crippen molar-refractivity contribution in [1.29, 1.82) is 0 Å². The number of hydrogen-bond acceptors (Lipinski definition) is 6. The number of nitrogens with zero attached hydrogens (tertiary/aromatic N) is 2. The van der Waals surface area contributed by atoms with Crippen LogP contribution in [0, 0.1) is 0 Å². The summed E-state index contributed by atoms with van der Waals surface area (Å²) in [6.07, 6.45) is 0.707. The van der Waals surface area contributed by atoms with E-state index in [-0.39, 0.29) is 18.0 Å². The Hall–Kier alpha value is -3.36. The molecule has 0 bridgehead atoms. The van der Waals surface area contributed by atoms with Gasteiger partial charge in [-0.05, 0) is 30.7 Å². The Morgan fingerprint density at radius 3 is 2.68 bits per heavy atom. The highest BCUT2D eigenvalue weighted by atomic mass is 16.7. The zero-order valence-electron chi connectivity index (χ0n) is 13.4. The fourth-order valence-electron chi connectivity index (χ4n) is 2.23. The molecule has 0 saturated heterocycles. The van der Waals surface area contributed by atoms with Gasteiger partial charge in [0.25, 0.3) is 17.4 Å². The Bertz CT molecular complexity index is 877. The summed E-state index contributed by atoms with van der Waals surface area (Å²) in [4.78, 5) is 35.8. The van der Waals surface area contributed by atoms with E-state index in [0.717, 1.165) is 0 Å². The Labute approximate surface area is 142 Å². The smallest absolute Gasteiger partial charge is 0.290 e. The van der Waals surface area contributed by atoms with Gasteiger partial charge in [0, 0.05) is 18.2 Å². The summed E-state index contributed by atoms with van der Waals surface area (Å²) in [5.41, 5.74) is 4.59. The number of benzene rings is 1. The molecule has 2 amide bonds. The molecular formula is C16H16N4O5. The first kappa shape index (κ1) is 16.5. The molecule has 25 heavy (non-hydrogen) atoms. The van der Waals surface area contributed by atoms with E-state index in [2.05, 4.69) is 16.0 Å². The average molecular weight is 344 g/mol. The summed E-state index contributed by atoms with van der Waals surface area (Å²) in [7, 11) is 0. The number of carbonyl (C=O) groups excluding carboxylic acids is 2. The number of aryl methyl sites for hydroxylation is 1. The highest BCUT2D eigenvalue weighted by Gasteiger charge is 2.17. The van der Waals surface area contributed by atoms with Crippen molar-refractivity contribution in [2.45, 2.75) is 19.9 Å². The number of hydrogen-bond donors (Lipinski definition) is 2. The predicted molar refractivity (Wildman–Crippen MR) is 86.3 cm³/mol. The molecule has 0 aliphatic carbocycles.